The zero-order valence-electron chi connectivity index (χ0n) is 17.5. The van der Waals surface area contributed by atoms with Crippen molar-refractivity contribution in [1.82, 2.24) is 15.1 Å². The fourth-order valence-corrected chi connectivity index (χ4v) is 8.42. The molecule has 6 heteroatoms. The molecule has 28 heavy (non-hydrogen) atoms. The van der Waals surface area contributed by atoms with Crippen molar-refractivity contribution < 1.29 is 9.59 Å². The Balaban J connectivity index is 0.00000192. The van der Waals surface area contributed by atoms with Crippen molar-refractivity contribution in [3.63, 3.8) is 0 Å². The first-order valence-electron chi connectivity index (χ1n) is 11.1. The van der Waals surface area contributed by atoms with Crippen LogP contribution < -0.4 is 5.32 Å². The van der Waals surface area contributed by atoms with E-state index in [0.717, 1.165) is 64.2 Å². The molecule has 2 saturated heterocycles. The molecule has 0 spiro atoms. The quantitative estimate of drug-likeness (QED) is 0.762. The van der Waals surface area contributed by atoms with Crippen LogP contribution in [0.5, 0.6) is 0 Å². The van der Waals surface area contributed by atoms with Gasteiger partial charge in [0.15, 0.2) is 0 Å². The molecule has 2 amide bonds. The molecule has 6 rings (SSSR count). The minimum Gasteiger partial charge on any atom is -0.340 e. The first-order valence-corrected chi connectivity index (χ1v) is 11.1. The number of likely N-dealkylation sites (tertiary alicyclic amines) is 1. The van der Waals surface area contributed by atoms with Crippen LogP contribution in [0.3, 0.4) is 0 Å². The summed E-state index contributed by atoms with van der Waals surface area (Å²) in [5.74, 6) is 1.38. The number of nitrogens with one attached hydrogen (secondary N) is 1. The summed E-state index contributed by atoms with van der Waals surface area (Å²) in [4.78, 5) is 30.4. The first-order chi connectivity index (χ1) is 12.8. The molecule has 5 nitrogen and oxygen atoms in total. The lowest BCUT2D eigenvalue weighted by Gasteiger charge is -2.65. The number of carbonyl (C=O) groups is 2. The Bertz CT molecular complexity index is 650. The molecule has 2 heterocycles. The lowest BCUT2D eigenvalue weighted by Crippen LogP contribution is -2.63. The van der Waals surface area contributed by atoms with Gasteiger partial charge in [0.05, 0.1) is 12.0 Å². The molecule has 0 aromatic carbocycles. The summed E-state index contributed by atoms with van der Waals surface area (Å²) in [6, 6.07) is 0.220. The highest BCUT2D eigenvalue weighted by molar-refractivity contribution is 5.85. The van der Waals surface area contributed by atoms with Crippen molar-refractivity contribution in [2.75, 3.05) is 32.7 Å². The molecule has 0 aromatic rings. The van der Waals surface area contributed by atoms with Crippen LogP contribution in [-0.2, 0) is 9.59 Å². The van der Waals surface area contributed by atoms with E-state index in [4.69, 9.17) is 0 Å². The maximum absolute atomic E-state index is 13.9. The number of hydrogen-bond donors (Lipinski definition) is 1. The van der Waals surface area contributed by atoms with Crippen molar-refractivity contribution in [2.45, 2.75) is 71.3 Å². The van der Waals surface area contributed by atoms with Gasteiger partial charge in [0.2, 0.25) is 11.8 Å². The van der Waals surface area contributed by atoms with Crippen LogP contribution in [0.25, 0.3) is 0 Å². The lowest BCUT2D eigenvalue weighted by molar-refractivity contribution is -0.181. The Morgan fingerprint density at radius 2 is 1.79 bits per heavy atom. The summed E-state index contributed by atoms with van der Waals surface area (Å²) < 4.78 is 0. The second-order valence-corrected chi connectivity index (χ2v) is 11.2. The summed E-state index contributed by atoms with van der Waals surface area (Å²) in [6.07, 6.45) is 9.35. The molecule has 1 N–H and O–H groups in total. The first kappa shape index (κ1) is 20.5. The van der Waals surface area contributed by atoms with Gasteiger partial charge in [-0.3, -0.25) is 9.59 Å². The Morgan fingerprint density at radius 1 is 1.07 bits per heavy atom. The van der Waals surface area contributed by atoms with Gasteiger partial charge in [0.25, 0.3) is 0 Å². The smallest absolute Gasteiger partial charge is 0.236 e. The summed E-state index contributed by atoms with van der Waals surface area (Å²) in [5.41, 5.74) is 0.624. The monoisotopic (exact) mass is 409 g/mol. The number of halogens is 1. The molecule has 0 radical (unpaired) electrons. The van der Waals surface area contributed by atoms with Gasteiger partial charge >= 0.3 is 0 Å². The van der Waals surface area contributed by atoms with Crippen LogP contribution in [-0.4, -0.2) is 60.4 Å². The van der Waals surface area contributed by atoms with Crippen molar-refractivity contribution in [3.05, 3.63) is 0 Å². The Kier molecular flexibility index (Phi) is 5.02. The average molecular weight is 410 g/mol. The van der Waals surface area contributed by atoms with E-state index in [-0.39, 0.29) is 29.8 Å². The molecule has 3 unspecified atom stereocenters. The van der Waals surface area contributed by atoms with E-state index in [1.165, 1.54) is 19.3 Å². The summed E-state index contributed by atoms with van der Waals surface area (Å²) in [5, 5.41) is 3.16. The number of piperidine rings is 1. The van der Waals surface area contributed by atoms with E-state index < -0.39 is 0 Å². The fourth-order valence-electron chi connectivity index (χ4n) is 8.42. The van der Waals surface area contributed by atoms with Crippen LogP contribution in [0, 0.1) is 22.2 Å². The normalized spacial score (nSPS) is 45.1. The fraction of sp³-hybridized carbons (Fsp3) is 0.909. The van der Waals surface area contributed by atoms with Gasteiger partial charge in [-0.2, -0.15) is 0 Å². The summed E-state index contributed by atoms with van der Waals surface area (Å²) >= 11 is 0. The molecule has 6 aliphatic rings. The third-order valence-corrected chi connectivity index (χ3v) is 8.33. The summed E-state index contributed by atoms with van der Waals surface area (Å²) in [7, 11) is 0. The molecular formula is C22H36ClN3O2. The van der Waals surface area contributed by atoms with Gasteiger partial charge in [-0.15, -0.1) is 12.4 Å². The number of hydrogen-bond acceptors (Lipinski definition) is 3. The summed E-state index contributed by atoms with van der Waals surface area (Å²) in [6.45, 7) is 8.63. The molecule has 158 valence electrons. The maximum Gasteiger partial charge on any atom is 0.236 e. The highest BCUT2D eigenvalue weighted by atomic mass is 35.5. The third kappa shape index (κ3) is 3.27. The number of carbonyl (C=O) groups excluding carboxylic acids is 2. The second-order valence-electron chi connectivity index (χ2n) is 11.2. The molecule has 0 aromatic heterocycles. The van der Waals surface area contributed by atoms with Gasteiger partial charge in [-0.05, 0) is 68.1 Å². The number of amides is 2. The number of rotatable bonds is 2. The molecular weight excluding hydrogens is 374 g/mol. The number of nitrogens with zero attached hydrogens (tertiary/aromatic N) is 2. The highest BCUT2D eigenvalue weighted by Gasteiger charge is 2.63. The van der Waals surface area contributed by atoms with E-state index in [1.807, 2.05) is 4.90 Å². The van der Waals surface area contributed by atoms with Crippen molar-refractivity contribution >= 4 is 24.2 Å². The molecule has 4 saturated carbocycles. The SMILES string of the molecule is CC12CC3CC(C)(C1)CC(C(=O)N1CCCC(N4CCNCC4=O)C1)(C3)C2.Cl. The van der Waals surface area contributed by atoms with Crippen LogP contribution in [0.2, 0.25) is 0 Å². The van der Waals surface area contributed by atoms with Gasteiger partial charge < -0.3 is 15.1 Å². The van der Waals surface area contributed by atoms with Crippen LogP contribution >= 0.6 is 12.4 Å². The zero-order valence-corrected chi connectivity index (χ0v) is 18.3. The average Bonchev–Trinajstić information content (AvgIpc) is 2.58. The van der Waals surface area contributed by atoms with Gasteiger partial charge in [-0.1, -0.05) is 13.8 Å². The second kappa shape index (κ2) is 6.87. The number of piperazine rings is 1. The van der Waals surface area contributed by atoms with E-state index >= 15 is 0 Å². The molecule has 4 aliphatic carbocycles. The standard InChI is InChI=1S/C22H35N3O2.ClH/c1-20-8-16-9-21(2,13-20)15-22(10-16,14-20)19(27)24-6-3-4-17(12-24)25-7-5-23-11-18(25)26;/h16-17,23H,3-15H2,1-2H3;1H. The van der Waals surface area contributed by atoms with Gasteiger partial charge in [0, 0.05) is 32.2 Å². The Hall–Kier alpha value is -0.810. The Morgan fingerprint density at radius 3 is 2.43 bits per heavy atom. The van der Waals surface area contributed by atoms with Gasteiger partial charge in [-0.25, -0.2) is 0 Å². The van der Waals surface area contributed by atoms with E-state index in [2.05, 4.69) is 24.1 Å². The lowest BCUT2D eigenvalue weighted by atomic mass is 9.40. The molecule has 2 aliphatic heterocycles. The van der Waals surface area contributed by atoms with Crippen LogP contribution in [0.1, 0.15) is 65.2 Å². The predicted molar refractivity (Wildman–Crippen MR) is 111 cm³/mol. The van der Waals surface area contributed by atoms with E-state index in [1.54, 1.807) is 0 Å². The maximum atomic E-state index is 13.9. The van der Waals surface area contributed by atoms with Gasteiger partial charge in [0.1, 0.15) is 0 Å². The van der Waals surface area contributed by atoms with Crippen molar-refractivity contribution in [3.8, 4) is 0 Å². The topological polar surface area (TPSA) is 52.7 Å². The Labute approximate surface area is 175 Å². The predicted octanol–water partition coefficient (Wildman–Crippen LogP) is 2.83. The van der Waals surface area contributed by atoms with Crippen molar-refractivity contribution in [1.29, 1.82) is 0 Å². The molecule has 3 atom stereocenters. The highest BCUT2D eigenvalue weighted by Crippen LogP contribution is 2.69. The molecule has 4 bridgehead atoms. The van der Waals surface area contributed by atoms with Crippen LogP contribution in [0.15, 0.2) is 0 Å². The largest absolute Gasteiger partial charge is 0.340 e. The van der Waals surface area contributed by atoms with Crippen molar-refractivity contribution in [2.24, 2.45) is 22.2 Å². The third-order valence-electron chi connectivity index (χ3n) is 8.33. The molecule has 6 fully saturated rings. The minimum atomic E-state index is -0.113. The van der Waals surface area contributed by atoms with E-state index in [9.17, 15) is 9.59 Å². The minimum absolute atomic E-state index is 0. The zero-order chi connectivity index (χ0) is 18.9. The van der Waals surface area contributed by atoms with Crippen LogP contribution in [0.4, 0.5) is 0 Å². The van der Waals surface area contributed by atoms with E-state index in [0.29, 0.717) is 23.3 Å².